The number of rotatable bonds is 9. The summed E-state index contributed by atoms with van der Waals surface area (Å²) in [6, 6.07) is 7.71. The Balaban J connectivity index is 2.57. The van der Waals surface area contributed by atoms with Gasteiger partial charge in [-0.15, -0.1) is 0 Å². The van der Waals surface area contributed by atoms with E-state index in [2.05, 4.69) is 26.1 Å². The van der Waals surface area contributed by atoms with Gasteiger partial charge in [0, 0.05) is 38.9 Å². The maximum atomic E-state index is 12.1. The Bertz CT molecular complexity index is 649. The first-order valence-electron chi connectivity index (χ1n) is 8.38. The quantitative estimate of drug-likeness (QED) is 0.678. The zero-order valence-corrected chi connectivity index (χ0v) is 16.6. The molecule has 0 aliphatic heterocycles. The SMILES string of the molecule is COCCCN(CCC(=O)Nc1ccc(C(C)(C)C)cc1)S(C)(=O)=O. The maximum Gasteiger partial charge on any atom is 0.225 e. The number of hydrogen-bond donors (Lipinski definition) is 1. The summed E-state index contributed by atoms with van der Waals surface area (Å²) in [6.07, 6.45) is 1.86. The Hall–Kier alpha value is -1.44. The molecule has 0 saturated heterocycles. The molecule has 1 N–H and O–H groups in total. The van der Waals surface area contributed by atoms with Crippen LogP contribution in [0.25, 0.3) is 0 Å². The Morgan fingerprint density at radius 1 is 1.16 bits per heavy atom. The number of amides is 1. The summed E-state index contributed by atoms with van der Waals surface area (Å²) in [5.41, 5.74) is 1.95. The van der Waals surface area contributed by atoms with Gasteiger partial charge < -0.3 is 10.1 Å². The molecule has 6 nitrogen and oxygen atoms in total. The molecule has 0 spiro atoms. The lowest BCUT2D eigenvalue weighted by Gasteiger charge is -2.20. The molecule has 7 heteroatoms. The van der Waals surface area contributed by atoms with Crippen molar-refractivity contribution in [2.45, 2.75) is 39.0 Å². The monoisotopic (exact) mass is 370 g/mol. The minimum Gasteiger partial charge on any atom is -0.385 e. The van der Waals surface area contributed by atoms with Crippen LogP contribution in [0.3, 0.4) is 0 Å². The van der Waals surface area contributed by atoms with Crippen LogP contribution in [0.15, 0.2) is 24.3 Å². The zero-order valence-electron chi connectivity index (χ0n) is 15.8. The number of anilines is 1. The zero-order chi connectivity index (χ0) is 19.1. The van der Waals surface area contributed by atoms with Crippen molar-refractivity contribution in [1.29, 1.82) is 0 Å². The van der Waals surface area contributed by atoms with E-state index in [0.29, 0.717) is 25.3 Å². The van der Waals surface area contributed by atoms with Gasteiger partial charge in [-0.2, -0.15) is 0 Å². The first-order valence-corrected chi connectivity index (χ1v) is 10.2. The third kappa shape index (κ3) is 7.98. The third-order valence-corrected chi connectivity index (χ3v) is 5.15. The summed E-state index contributed by atoms with van der Waals surface area (Å²) in [5, 5.41) is 2.81. The summed E-state index contributed by atoms with van der Waals surface area (Å²) in [7, 11) is -1.77. The number of nitrogens with zero attached hydrogens (tertiary/aromatic N) is 1. The van der Waals surface area contributed by atoms with E-state index in [4.69, 9.17) is 4.74 Å². The Morgan fingerprint density at radius 2 is 1.76 bits per heavy atom. The van der Waals surface area contributed by atoms with Crippen molar-refractivity contribution < 1.29 is 17.9 Å². The molecule has 0 aliphatic carbocycles. The van der Waals surface area contributed by atoms with Gasteiger partial charge in [-0.1, -0.05) is 32.9 Å². The third-order valence-electron chi connectivity index (χ3n) is 3.85. The van der Waals surface area contributed by atoms with Gasteiger partial charge in [0.2, 0.25) is 15.9 Å². The van der Waals surface area contributed by atoms with Gasteiger partial charge in [-0.3, -0.25) is 4.79 Å². The standard InChI is InChI=1S/C18H30N2O4S/c1-18(2,3)15-7-9-16(10-8-15)19-17(21)11-13-20(25(5,22)23)12-6-14-24-4/h7-10H,6,11-14H2,1-5H3,(H,19,21). The van der Waals surface area contributed by atoms with Crippen LogP contribution in [0.2, 0.25) is 0 Å². The van der Waals surface area contributed by atoms with Gasteiger partial charge >= 0.3 is 0 Å². The molecule has 1 aromatic carbocycles. The van der Waals surface area contributed by atoms with E-state index in [1.807, 2.05) is 24.3 Å². The second-order valence-corrected chi connectivity index (χ2v) is 9.12. The summed E-state index contributed by atoms with van der Waals surface area (Å²) in [4.78, 5) is 12.1. The van der Waals surface area contributed by atoms with Crippen LogP contribution < -0.4 is 5.32 Å². The largest absolute Gasteiger partial charge is 0.385 e. The fourth-order valence-corrected chi connectivity index (χ4v) is 3.22. The van der Waals surface area contributed by atoms with Crippen molar-refractivity contribution in [1.82, 2.24) is 4.31 Å². The fourth-order valence-electron chi connectivity index (χ4n) is 2.33. The predicted octanol–water partition coefficient (Wildman–Crippen LogP) is 2.61. The number of benzene rings is 1. The molecular formula is C18H30N2O4S. The van der Waals surface area contributed by atoms with Crippen molar-refractivity contribution >= 4 is 21.6 Å². The Kier molecular flexibility index (Phi) is 8.05. The summed E-state index contributed by atoms with van der Waals surface area (Å²) in [5.74, 6) is -0.205. The molecule has 0 atom stereocenters. The molecule has 1 rings (SSSR count). The maximum absolute atomic E-state index is 12.1. The number of nitrogens with one attached hydrogen (secondary N) is 1. The summed E-state index contributed by atoms with van der Waals surface area (Å²) < 4.78 is 29.8. The predicted molar refractivity (Wildman–Crippen MR) is 101 cm³/mol. The molecule has 1 aromatic rings. The van der Waals surface area contributed by atoms with E-state index in [-0.39, 0.29) is 24.3 Å². The lowest BCUT2D eigenvalue weighted by atomic mass is 9.87. The minimum atomic E-state index is -3.34. The number of ether oxygens (including phenoxy) is 1. The highest BCUT2D eigenvalue weighted by molar-refractivity contribution is 7.88. The number of sulfonamides is 1. The van der Waals surface area contributed by atoms with Crippen LogP contribution in [0.1, 0.15) is 39.2 Å². The van der Waals surface area contributed by atoms with Crippen molar-refractivity contribution in [3.05, 3.63) is 29.8 Å². The molecule has 0 heterocycles. The first kappa shape index (κ1) is 21.6. The van der Waals surface area contributed by atoms with Crippen LogP contribution in [0.5, 0.6) is 0 Å². The van der Waals surface area contributed by atoms with E-state index in [0.717, 1.165) is 6.26 Å². The van der Waals surface area contributed by atoms with Crippen molar-refractivity contribution in [3.63, 3.8) is 0 Å². The smallest absolute Gasteiger partial charge is 0.225 e. The van der Waals surface area contributed by atoms with Crippen LogP contribution in [0, 0.1) is 0 Å². The highest BCUT2D eigenvalue weighted by Crippen LogP contribution is 2.23. The molecule has 0 radical (unpaired) electrons. The molecule has 0 unspecified atom stereocenters. The number of methoxy groups -OCH3 is 1. The van der Waals surface area contributed by atoms with Gasteiger partial charge in [0.15, 0.2) is 0 Å². The highest BCUT2D eigenvalue weighted by atomic mass is 32.2. The lowest BCUT2D eigenvalue weighted by Crippen LogP contribution is -2.34. The van der Waals surface area contributed by atoms with E-state index >= 15 is 0 Å². The molecule has 0 aromatic heterocycles. The Labute approximate surface area is 151 Å². The number of carbonyl (C=O) groups is 1. The average molecular weight is 371 g/mol. The number of hydrogen-bond acceptors (Lipinski definition) is 4. The van der Waals surface area contributed by atoms with E-state index in [1.165, 1.54) is 9.87 Å². The van der Waals surface area contributed by atoms with E-state index < -0.39 is 10.0 Å². The van der Waals surface area contributed by atoms with Gasteiger partial charge in [-0.25, -0.2) is 12.7 Å². The molecule has 0 aliphatic rings. The van der Waals surface area contributed by atoms with Gasteiger partial charge in [-0.05, 0) is 29.5 Å². The minimum absolute atomic E-state index is 0.0563. The van der Waals surface area contributed by atoms with Gasteiger partial charge in [0.05, 0.1) is 6.26 Å². The molecular weight excluding hydrogens is 340 g/mol. The highest BCUT2D eigenvalue weighted by Gasteiger charge is 2.18. The van der Waals surface area contributed by atoms with Crippen molar-refractivity contribution in [3.8, 4) is 0 Å². The average Bonchev–Trinajstić information content (AvgIpc) is 2.49. The Morgan fingerprint density at radius 3 is 2.24 bits per heavy atom. The molecule has 0 fully saturated rings. The molecule has 25 heavy (non-hydrogen) atoms. The van der Waals surface area contributed by atoms with Crippen molar-refractivity contribution in [2.75, 3.05) is 38.4 Å². The van der Waals surface area contributed by atoms with Crippen LogP contribution >= 0.6 is 0 Å². The topological polar surface area (TPSA) is 75.7 Å². The van der Waals surface area contributed by atoms with Gasteiger partial charge in [0.1, 0.15) is 0 Å². The first-order chi connectivity index (χ1) is 11.5. The molecule has 1 amide bonds. The van der Waals surface area contributed by atoms with Crippen LogP contribution in [-0.4, -0.2) is 51.7 Å². The normalized spacial score (nSPS) is 12.4. The molecule has 0 bridgehead atoms. The lowest BCUT2D eigenvalue weighted by molar-refractivity contribution is -0.116. The van der Waals surface area contributed by atoms with Gasteiger partial charge in [0.25, 0.3) is 0 Å². The molecule has 0 saturated carbocycles. The fraction of sp³-hybridized carbons (Fsp3) is 0.611. The number of carbonyl (C=O) groups excluding carboxylic acids is 1. The summed E-state index contributed by atoms with van der Waals surface area (Å²) in [6.45, 7) is 7.38. The molecule has 142 valence electrons. The van der Waals surface area contributed by atoms with Crippen LogP contribution in [-0.2, 0) is 25.0 Å². The van der Waals surface area contributed by atoms with Crippen LogP contribution in [0.4, 0.5) is 5.69 Å². The second-order valence-electron chi connectivity index (χ2n) is 7.13. The van der Waals surface area contributed by atoms with E-state index in [9.17, 15) is 13.2 Å². The van der Waals surface area contributed by atoms with Crippen molar-refractivity contribution in [2.24, 2.45) is 0 Å². The summed E-state index contributed by atoms with van der Waals surface area (Å²) >= 11 is 0. The second kappa shape index (κ2) is 9.31. The van der Waals surface area contributed by atoms with E-state index in [1.54, 1.807) is 7.11 Å².